The van der Waals surface area contributed by atoms with E-state index in [1.165, 1.54) is 18.2 Å². The molecule has 4 nitrogen and oxygen atoms in total. The molecule has 14 heavy (non-hydrogen) atoms. The summed E-state index contributed by atoms with van der Waals surface area (Å²) in [6.45, 7) is 0. The highest BCUT2D eigenvalue weighted by molar-refractivity contribution is 5.77. The summed E-state index contributed by atoms with van der Waals surface area (Å²) in [4.78, 5) is 14.1. The molecule has 0 unspecified atom stereocenters. The second-order valence-corrected chi connectivity index (χ2v) is 2.61. The Bertz CT molecular complexity index is 454. The van der Waals surface area contributed by atoms with Crippen molar-refractivity contribution in [3.05, 3.63) is 36.0 Å². The fourth-order valence-corrected chi connectivity index (χ4v) is 1.08. The highest BCUT2D eigenvalue weighted by Gasteiger charge is 2.09. The molecule has 0 N–H and O–H groups in total. The molecule has 2 rings (SSSR count). The Kier molecular flexibility index (Phi) is 2.06. The molecule has 70 valence electrons. The van der Waals surface area contributed by atoms with E-state index >= 15 is 0 Å². The molecular weight excluding hydrogens is 187 g/mol. The Morgan fingerprint density at radius 1 is 1.43 bits per heavy atom. The largest absolute Gasteiger partial charge is 0.342 e. The smallest absolute Gasteiger partial charge is 0.214 e. The fourth-order valence-electron chi connectivity index (χ4n) is 1.08. The standard InChI is InChI=1S/C9H5FN2O2/c10-8-2-1-6(4-13)3-7(8)9-11-5-14-12-9/h1-5H. The fraction of sp³-hybridized carbons (Fsp3) is 0. The van der Waals surface area contributed by atoms with E-state index in [-0.39, 0.29) is 11.4 Å². The normalized spacial score (nSPS) is 10.1. The zero-order chi connectivity index (χ0) is 9.97. The van der Waals surface area contributed by atoms with Crippen molar-refractivity contribution in [1.82, 2.24) is 10.1 Å². The van der Waals surface area contributed by atoms with Gasteiger partial charge in [-0.3, -0.25) is 4.79 Å². The first kappa shape index (κ1) is 8.55. The Balaban J connectivity index is 2.57. The number of hydrogen-bond acceptors (Lipinski definition) is 4. The first-order chi connectivity index (χ1) is 6.81. The van der Waals surface area contributed by atoms with E-state index in [9.17, 15) is 9.18 Å². The van der Waals surface area contributed by atoms with E-state index in [4.69, 9.17) is 0 Å². The van der Waals surface area contributed by atoms with Crippen LogP contribution in [-0.4, -0.2) is 16.4 Å². The van der Waals surface area contributed by atoms with E-state index in [2.05, 4.69) is 14.7 Å². The van der Waals surface area contributed by atoms with E-state index in [1.54, 1.807) is 0 Å². The van der Waals surface area contributed by atoms with E-state index in [0.29, 0.717) is 11.8 Å². The minimum Gasteiger partial charge on any atom is -0.342 e. The Hall–Kier alpha value is -2.04. The van der Waals surface area contributed by atoms with Crippen LogP contribution >= 0.6 is 0 Å². The lowest BCUT2D eigenvalue weighted by Gasteiger charge is -1.97. The van der Waals surface area contributed by atoms with Crippen LogP contribution in [0.3, 0.4) is 0 Å². The van der Waals surface area contributed by atoms with Gasteiger partial charge >= 0.3 is 0 Å². The summed E-state index contributed by atoms with van der Waals surface area (Å²) in [6.07, 6.45) is 1.73. The van der Waals surface area contributed by atoms with E-state index in [1.807, 2.05) is 0 Å². The van der Waals surface area contributed by atoms with Crippen LogP contribution in [0.25, 0.3) is 11.4 Å². The van der Waals surface area contributed by atoms with Crippen LogP contribution in [0.5, 0.6) is 0 Å². The highest BCUT2D eigenvalue weighted by atomic mass is 19.1. The van der Waals surface area contributed by atoms with Crippen LogP contribution < -0.4 is 0 Å². The molecule has 0 aliphatic heterocycles. The van der Waals surface area contributed by atoms with Crippen molar-refractivity contribution < 1.29 is 13.7 Å². The first-order valence-corrected chi connectivity index (χ1v) is 3.83. The Morgan fingerprint density at radius 2 is 2.29 bits per heavy atom. The van der Waals surface area contributed by atoms with Gasteiger partial charge in [0.15, 0.2) is 0 Å². The van der Waals surface area contributed by atoms with Crippen molar-refractivity contribution in [3.63, 3.8) is 0 Å². The highest BCUT2D eigenvalue weighted by Crippen LogP contribution is 2.19. The van der Waals surface area contributed by atoms with Gasteiger partial charge in [-0.25, -0.2) is 4.39 Å². The second-order valence-electron chi connectivity index (χ2n) is 2.61. The lowest BCUT2D eigenvalue weighted by atomic mass is 10.1. The van der Waals surface area contributed by atoms with Gasteiger partial charge in [0.05, 0.1) is 5.56 Å². The predicted octanol–water partition coefficient (Wildman–Crippen LogP) is 1.69. The number of halogens is 1. The molecule has 1 aromatic heterocycles. The summed E-state index contributed by atoms with van der Waals surface area (Å²) in [7, 11) is 0. The van der Waals surface area contributed by atoms with Gasteiger partial charge in [-0.05, 0) is 18.2 Å². The zero-order valence-corrected chi connectivity index (χ0v) is 6.98. The number of aldehydes is 1. The van der Waals surface area contributed by atoms with Crippen molar-refractivity contribution in [2.75, 3.05) is 0 Å². The van der Waals surface area contributed by atoms with E-state index in [0.717, 1.165) is 6.39 Å². The average molecular weight is 192 g/mol. The summed E-state index contributed by atoms with van der Waals surface area (Å²) < 4.78 is 17.7. The molecule has 0 atom stereocenters. The van der Waals surface area contributed by atoms with Crippen molar-refractivity contribution >= 4 is 6.29 Å². The average Bonchev–Trinajstić information content (AvgIpc) is 2.71. The minimum absolute atomic E-state index is 0.131. The molecule has 0 aliphatic rings. The molecule has 0 fully saturated rings. The third-order valence-corrected chi connectivity index (χ3v) is 1.73. The molecule has 1 heterocycles. The van der Waals surface area contributed by atoms with Crippen LogP contribution in [-0.2, 0) is 0 Å². The summed E-state index contributed by atoms with van der Waals surface area (Å²) in [5.74, 6) is -0.358. The van der Waals surface area contributed by atoms with Crippen molar-refractivity contribution in [3.8, 4) is 11.4 Å². The van der Waals surface area contributed by atoms with Gasteiger partial charge < -0.3 is 4.52 Å². The summed E-state index contributed by atoms with van der Waals surface area (Å²) in [5.41, 5.74) is 0.523. The summed E-state index contributed by atoms with van der Waals surface area (Å²) in [6, 6.07) is 3.94. The van der Waals surface area contributed by atoms with Crippen molar-refractivity contribution in [2.24, 2.45) is 0 Å². The second kappa shape index (κ2) is 3.37. The molecular formula is C9H5FN2O2. The van der Waals surface area contributed by atoms with Gasteiger partial charge in [-0.2, -0.15) is 4.98 Å². The van der Waals surface area contributed by atoms with Gasteiger partial charge in [0.1, 0.15) is 12.1 Å². The van der Waals surface area contributed by atoms with E-state index < -0.39 is 5.82 Å². The quantitative estimate of drug-likeness (QED) is 0.679. The molecule has 1 aromatic carbocycles. The molecule has 0 aliphatic carbocycles. The Labute approximate surface area is 78.4 Å². The molecule has 0 saturated heterocycles. The van der Waals surface area contributed by atoms with Crippen LogP contribution in [0.15, 0.2) is 29.1 Å². The third-order valence-electron chi connectivity index (χ3n) is 1.73. The number of carbonyl (C=O) groups excluding carboxylic acids is 1. The van der Waals surface area contributed by atoms with Gasteiger partial charge in [-0.1, -0.05) is 5.16 Å². The summed E-state index contributed by atoms with van der Waals surface area (Å²) in [5, 5.41) is 3.48. The van der Waals surface area contributed by atoms with Crippen LogP contribution in [0.1, 0.15) is 10.4 Å². The monoisotopic (exact) mass is 192 g/mol. The number of rotatable bonds is 2. The minimum atomic E-state index is -0.489. The van der Waals surface area contributed by atoms with Crippen molar-refractivity contribution in [1.29, 1.82) is 0 Å². The molecule has 0 saturated carbocycles. The van der Waals surface area contributed by atoms with Crippen LogP contribution in [0.4, 0.5) is 4.39 Å². The molecule has 0 amide bonds. The van der Waals surface area contributed by atoms with Crippen molar-refractivity contribution in [2.45, 2.75) is 0 Å². The van der Waals surface area contributed by atoms with Gasteiger partial charge in [0.25, 0.3) is 0 Å². The maximum absolute atomic E-state index is 13.2. The molecule has 0 radical (unpaired) electrons. The Morgan fingerprint density at radius 3 is 2.93 bits per heavy atom. The number of nitrogens with zero attached hydrogens (tertiary/aromatic N) is 2. The predicted molar refractivity (Wildman–Crippen MR) is 45.1 cm³/mol. The third kappa shape index (κ3) is 1.39. The lowest BCUT2D eigenvalue weighted by molar-refractivity contribution is 0.112. The molecule has 2 aromatic rings. The van der Waals surface area contributed by atoms with Gasteiger partial charge in [0, 0.05) is 5.56 Å². The number of carbonyl (C=O) groups is 1. The van der Waals surface area contributed by atoms with Crippen LogP contribution in [0, 0.1) is 5.82 Å². The SMILES string of the molecule is O=Cc1ccc(F)c(-c2ncon2)c1. The number of hydrogen-bond donors (Lipinski definition) is 0. The lowest BCUT2D eigenvalue weighted by Crippen LogP contribution is -1.89. The topological polar surface area (TPSA) is 56.0 Å². The maximum atomic E-state index is 13.2. The van der Waals surface area contributed by atoms with Crippen LogP contribution in [0.2, 0.25) is 0 Å². The molecule has 0 spiro atoms. The number of aromatic nitrogens is 2. The number of benzene rings is 1. The van der Waals surface area contributed by atoms with Gasteiger partial charge in [-0.15, -0.1) is 0 Å². The van der Waals surface area contributed by atoms with Gasteiger partial charge in [0.2, 0.25) is 12.2 Å². The summed E-state index contributed by atoms with van der Waals surface area (Å²) >= 11 is 0. The maximum Gasteiger partial charge on any atom is 0.214 e. The molecule has 5 heteroatoms. The molecule has 0 bridgehead atoms. The zero-order valence-electron chi connectivity index (χ0n) is 6.98. The first-order valence-electron chi connectivity index (χ1n) is 3.83.